The van der Waals surface area contributed by atoms with Crippen LogP contribution in [-0.4, -0.2) is 10.5 Å². The number of aromatic nitrogens is 1. The molecule has 0 atom stereocenters. The summed E-state index contributed by atoms with van der Waals surface area (Å²) in [6.45, 7) is 0.979. The first-order chi connectivity index (χ1) is 12.2. The smallest absolute Gasteiger partial charge is 0.268 e. The third-order valence-corrected chi connectivity index (χ3v) is 5.12. The van der Waals surface area contributed by atoms with E-state index in [9.17, 15) is 4.79 Å². The first kappa shape index (κ1) is 16.0. The van der Waals surface area contributed by atoms with Crippen molar-refractivity contribution < 1.29 is 9.21 Å². The molecular formula is C19H15ClN2O2S. The molecule has 0 spiro atoms. The Morgan fingerprint density at radius 2 is 2.04 bits per heavy atom. The lowest BCUT2D eigenvalue weighted by Crippen LogP contribution is -2.25. The van der Waals surface area contributed by atoms with E-state index in [1.54, 1.807) is 23.7 Å². The molecule has 0 bridgehead atoms. The molecule has 1 amide bonds. The fourth-order valence-electron chi connectivity index (χ4n) is 2.78. The Morgan fingerprint density at radius 3 is 2.80 bits per heavy atom. The second-order valence-corrected chi connectivity index (χ2v) is 7.06. The van der Waals surface area contributed by atoms with Crippen molar-refractivity contribution in [3.8, 4) is 0 Å². The van der Waals surface area contributed by atoms with Gasteiger partial charge in [-0.2, -0.15) is 0 Å². The number of hydrogen-bond donors (Lipinski definition) is 1. The molecule has 1 aromatic carbocycles. The number of nitrogens with zero attached hydrogens (tertiary/aromatic N) is 1. The summed E-state index contributed by atoms with van der Waals surface area (Å²) >= 11 is 7.59. The van der Waals surface area contributed by atoms with E-state index in [-0.39, 0.29) is 5.91 Å². The Hall–Kier alpha value is -2.50. The quantitative estimate of drug-likeness (QED) is 0.541. The fraction of sp³-hybridized carbons (Fsp3) is 0.105. The summed E-state index contributed by atoms with van der Waals surface area (Å²) in [5.41, 5.74) is 2.79. The summed E-state index contributed by atoms with van der Waals surface area (Å²) in [4.78, 5) is 12.7. The predicted molar refractivity (Wildman–Crippen MR) is 100 cm³/mol. The van der Waals surface area contributed by atoms with Crippen molar-refractivity contribution >= 4 is 39.1 Å². The number of fused-ring (bicyclic) bond motifs is 1. The molecule has 3 heterocycles. The van der Waals surface area contributed by atoms with Crippen LogP contribution in [0.4, 0.5) is 0 Å². The molecule has 0 radical (unpaired) electrons. The number of thiophene rings is 1. The van der Waals surface area contributed by atoms with Crippen LogP contribution in [-0.2, 0) is 13.1 Å². The lowest BCUT2D eigenvalue weighted by atomic mass is 10.2. The van der Waals surface area contributed by atoms with Crippen LogP contribution < -0.4 is 5.32 Å². The van der Waals surface area contributed by atoms with Crippen molar-refractivity contribution in [2.24, 2.45) is 0 Å². The maximum absolute atomic E-state index is 12.7. The second kappa shape index (κ2) is 6.78. The number of amides is 1. The van der Waals surface area contributed by atoms with Gasteiger partial charge in [-0.3, -0.25) is 4.79 Å². The number of halogens is 1. The van der Waals surface area contributed by atoms with Gasteiger partial charge in [0.25, 0.3) is 5.91 Å². The minimum absolute atomic E-state index is 0.117. The molecule has 0 aliphatic carbocycles. The van der Waals surface area contributed by atoms with Crippen molar-refractivity contribution in [1.82, 2.24) is 9.88 Å². The molecule has 3 aromatic heterocycles. The lowest BCUT2D eigenvalue weighted by molar-refractivity contribution is 0.0939. The largest absolute Gasteiger partial charge is 0.467 e. The predicted octanol–water partition coefficient (Wildman–Crippen LogP) is 4.93. The topological polar surface area (TPSA) is 47.2 Å². The van der Waals surface area contributed by atoms with Crippen molar-refractivity contribution in [2.75, 3.05) is 0 Å². The second-order valence-electron chi connectivity index (χ2n) is 5.67. The van der Waals surface area contributed by atoms with Gasteiger partial charge in [0.05, 0.1) is 23.0 Å². The molecule has 0 unspecified atom stereocenters. The van der Waals surface area contributed by atoms with E-state index >= 15 is 0 Å². The molecule has 0 fully saturated rings. The SMILES string of the molecule is O=C(NCc1ccco1)c1cc2sccc2n1Cc1ccc(Cl)cc1. The van der Waals surface area contributed by atoms with Gasteiger partial charge in [-0.1, -0.05) is 23.7 Å². The van der Waals surface area contributed by atoms with Crippen LogP contribution in [0.25, 0.3) is 10.2 Å². The zero-order valence-electron chi connectivity index (χ0n) is 13.2. The van der Waals surface area contributed by atoms with E-state index in [2.05, 4.69) is 5.32 Å². The minimum atomic E-state index is -0.117. The average Bonchev–Trinajstić information content (AvgIpc) is 3.33. The van der Waals surface area contributed by atoms with Gasteiger partial charge in [0.1, 0.15) is 11.5 Å². The molecular weight excluding hydrogens is 356 g/mol. The minimum Gasteiger partial charge on any atom is -0.467 e. The summed E-state index contributed by atoms with van der Waals surface area (Å²) in [5.74, 6) is 0.611. The lowest BCUT2D eigenvalue weighted by Gasteiger charge is -2.11. The van der Waals surface area contributed by atoms with E-state index in [1.807, 2.05) is 52.4 Å². The van der Waals surface area contributed by atoms with Crippen molar-refractivity contribution in [2.45, 2.75) is 13.1 Å². The number of rotatable bonds is 5. The summed E-state index contributed by atoms with van der Waals surface area (Å²) in [6, 6.07) is 15.3. The highest BCUT2D eigenvalue weighted by Crippen LogP contribution is 2.26. The molecule has 126 valence electrons. The van der Waals surface area contributed by atoms with Gasteiger partial charge in [0.2, 0.25) is 0 Å². The van der Waals surface area contributed by atoms with Gasteiger partial charge in [-0.15, -0.1) is 11.3 Å². The third-order valence-electron chi connectivity index (χ3n) is 4.01. The van der Waals surface area contributed by atoms with E-state index in [0.29, 0.717) is 23.8 Å². The Morgan fingerprint density at radius 1 is 1.20 bits per heavy atom. The monoisotopic (exact) mass is 370 g/mol. The highest BCUT2D eigenvalue weighted by atomic mass is 35.5. The highest BCUT2D eigenvalue weighted by molar-refractivity contribution is 7.17. The molecule has 6 heteroatoms. The molecule has 25 heavy (non-hydrogen) atoms. The van der Waals surface area contributed by atoms with E-state index < -0.39 is 0 Å². The van der Waals surface area contributed by atoms with Crippen molar-refractivity contribution in [3.63, 3.8) is 0 Å². The fourth-order valence-corrected chi connectivity index (χ4v) is 3.73. The van der Waals surface area contributed by atoms with Gasteiger partial charge >= 0.3 is 0 Å². The van der Waals surface area contributed by atoms with Gasteiger partial charge in [-0.05, 0) is 47.3 Å². The van der Waals surface area contributed by atoms with E-state index in [4.69, 9.17) is 16.0 Å². The van der Waals surface area contributed by atoms with Gasteiger partial charge in [0, 0.05) is 11.6 Å². The molecule has 4 nitrogen and oxygen atoms in total. The maximum atomic E-state index is 12.7. The van der Waals surface area contributed by atoms with Crippen molar-refractivity contribution in [1.29, 1.82) is 0 Å². The van der Waals surface area contributed by atoms with Gasteiger partial charge in [-0.25, -0.2) is 0 Å². The Labute approximate surface area is 153 Å². The maximum Gasteiger partial charge on any atom is 0.268 e. The highest BCUT2D eigenvalue weighted by Gasteiger charge is 2.17. The average molecular weight is 371 g/mol. The third kappa shape index (κ3) is 3.34. The molecule has 1 N–H and O–H groups in total. The number of benzene rings is 1. The number of furan rings is 1. The number of nitrogens with one attached hydrogen (secondary N) is 1. The summed E-state index contributed by atoms with van der Waals surface area (Å²) < 4.78 is 8.40. The van der Waals surface area contributed by atoms with E-state index in [1.165, 1.54) is 0 Å². The summed E-state index contributed by atoms with van der Waals surface area (Å²) in [5, 5.41) is 5.65. The van der Waals surface area contributed by atoms with Crippen LogP contribution in [0.2, 0.25) is 5.02 Å². The van der Waals surface area contributed by atoms with Gasteiger partial charge in [0.15, 0.2) is 0 Å². The summed E-state index contributed by atoms with van der Waals surface area (Å²) in [6.07, 6.45) is 1.60. The number of carbonyl (C=O) groups excluding carboxylic acids is 1. The van der Waals surface area contributed by atoms with Crippen molar-refractivity contribution in [3.05, 3.63) is 82.2 Å². The molecule has 0 aliphatic rings. The van der Waals surface area contributed by atoms with Crippen LogP contribution >= 0.6 is 22.9 Å². The first-order valence-corrected chi connectivity index (χ1v) is 9.08. The standard InChI is InChI=1S/C19H15ClN2O2S/c20-14-5-3-13(4-6-14)12-22-16-7-9-25-18(16)10-17(22)19(23)21-11-15-2-1-8-24-15/h1-10H,11-12H2,(H,21,23). The van der Waals surface area contributed by atoms with Crippen LogP contribution in [0.3, 0.4) is 0 Å². The molecule has 0 aliphatic heterocycles. The molecule has 4 rings (SSSR count). The number of carbonyl (C=O) groups is 1. The number of hydrogen-bond acceptors (Lipinski definition) is 3. The zero-order valence-corrected chi connectivity index (χ0v) is 14.8. The molecule has 0 saturated carbocycles. The van der Waals surface area contributed by atoms with Crippen LogP contribution in [0.5, 0.6) is 0 Å². The zero-order chi connectivity index (χ0) is 17.2. The van der Waals surface area contributed by atoms with Crippen LogP contribution in [0, 0.1) is 0 Å². The van der Waals surface area contributed by atoms with Crippen LogP contribution in [0.15, 0.2) is 64.6 Å². The Bertz CT molecular complexity index is 1000. The van der Waals surface area contributed by atoms with Crippen LogP contribution in [0.1, 0.15) is 21.8 Å². The molecule has 0 saturated heterocycles. The first-order valence-electron chi connectivity index (χ1n) is 7.82. The van der Waals surface area contributed by atoms with Gasteiger partial charge < -0.3 is 14.3 Å². The van der Waals surface area contributed by atoms with E-state index in [0.717, 1.165) is 21.5 Å². The summed E-state index contributed by atoms with van der Waals surface area (Å²) in [7, 11) is 0. The Kier molecular flexibility index (Phi) is 4.34. The normalized spacial score (nSPS) is 11.1. The Balaban J connectivity index is 1.62. The molecule has 4 aromatic rings.